The molecule has 1 amide bonds. The van der Waals surface area contributed by atoms with Crippen molar-refractivity contribution in [2.45, 2.75) is 82.8 Å². The Morgan fingerprint density at radius 3 is 2.68 bits per heavy atom. The summed E-state index contributed by atoms with van der Waals surface area (Å²) in [4.78, 5) is 15.4. The average molecular weight is 437 g/mol. The first kappa shape index (κ1) is 21.5. The molecule has 1 aromatic heterocycles. The number of carbonyl (C=O) groups is 1. The summed E-state index contributed by atoms with van der Waals surface area (Å²) in [6.07, 6.45) is 11.7. The Hall–Kier alpha value is 0.234. The van der Waals surface area contributed by atoms with Crippen molar-refractivity contribution in [2.75, 3.05) is 4.90 Å². The van der Waals surface area contributed by atoms with Crippen molar-refractivity contribution < 1.29 is 42.6 Å². The summed E-state index contributed by atoms with van der Waals surface area (Å²) in [5.74, 6) is 0.658. The first-order chi connectivity index (χ1) is 11.7. The molecule has 2 fully saturated rings. The number of amides is 1. The van der Waals surface area contributed by atoms with Crippen LogP contribution in [0.5, 0.6) is 0 Å². The van der Waals surface area contributed by atoms with E-state index in [1.807, 2.05) is 17.0 Å². The molecule has 1 saturated heterocycles. The van der Waals surface area contributed by atoms with Crippen molar-refractivity contribution in [1.29, 1.82) is 0 Å². The first-order valence-electron chi connectivity index (χ1n) is 9.60. The number of carbonyl (C=O) groups excluding carboxylic acids is 1. The maximum Gasteiger partial charge on any atom is 0.227 e. The van der Waals surface area contributed by atoms with Gasteiger partial charge in [0.25, 0.3) is 0 Å². The Kier molecular flexibility index (Phi) is 9.08. The van der Waals surface area contributed by atoms with Crippen molar-refractivity contribution in [1.82, 2.24) is 0 Å². The molecule has 3 nitrogen and oxygen atoms in total. The van der Waals surface area contributed by atoms with E-state index in [4.69, 9.17) is 0 Å². The Labute approximate surface area is 181 Å². The van der Waals surface area contributed by atoms with E-state index in [-0.39, 0.29) is 44.7 Å². The molecule has 2 heterocycles. The minimum Gasteiger partial charge on any atom is -0.387 e. The van der Waals surface area contributed by atoms with Crippen LogP contribution in [0.2, 0.25) is 0 Å². The summed E-state index contributed by atoms with van der Waals surface area (Å²) in [6.45, 7) is 3.89. The van der Waals surface area contributed by atoms with Crippen LogP contribution in [0.3, 0.4) is 0 Å². The van der Waals surface area contributed by atoms with Gasteiger partial charge in [0, 0.05) is 50.0 Å². The maximum atomic E-state index is 12.4. The fourth-order valence-electron chi connectivity index (χ4n) is 4.19. The van der Waals surface area contributed by atoms with Crippen molar-refractivity contribution >= 4 is 22.2 Å². The number of nitrogens with zero attached hydrogens (tertiary/aromatic N) is 1. The third kappa shape index (κ3) is 5.37. The Morgan fingerprint density at radius 2 is 1.96 bits per heavy atom. The second-order valence-corrected chi connectivity index (χ2v) is 8.42. The average Bonchev–Trinajstić information content (AvgIpc) is 3.31. The van der Waals surface area contributed by atoms with Crippen LogP contribution in [0.15, 0.2) is 12.1 Å². The molecule has 2 atom stereocenters. The van der Waals surface area contributed by atoms with Gasteiger partial charge in [0.15, 0.2) is 0 Å². The van der Waals surface area contributed by atoms with Crippen molar-refractivity contribution in [2.24, 2.45) is 5.92 Å². The van der Waals surface area contributed by atoms with E-state index in [2.05, 4.69) is 6.92 Å². The van der Waals surface area contributed by atoms with E-state index < -0.39 is 0 Å². The van der Waals surface area contributed by atoms with Gasteiger partial charge < -0.3 is 16.9 Å². The molecule has 25 heavy (non-hydrogen) atoms. The normalized spacial score (nSPS) is 22.4. The minimum atomic E-state index is -0.348. The van der Waals surface area contributed by atoms with E-state index in [1.165, 1.54) is 32.1 Å². The Morgan fingerprint density at radius 1 is 1.20 bits per heavy atom. The predicted octanol–water partition coefficient (Wildman–Crippen LogP) is 5.25. The van der Waals surface area contributed by atoms with Crippen LogP contribution < -0.4 is 4.90 Å². The SMILES string of the molecule is [CH2-]CCCCC[C@@H]1CCC(=O)N1c1ccc(C(O)C2CCCC2)s1.[Y]. The number of anilines is 1. The Bertz CT molecular complexity index is 542. The molecule has 1 aromatic rings. The zero-order valence-corrected chi connectivity index (χ0v) is 18.8. The predicted molar refractivity (Wildman–Crippen MR) is 100 cm³/mol. The van der Waals surface area contributed by atoms with Gasteiger partial charge in [0.2, 0.25) is 5.91 Å². The third-order valence-electron chi connectivity index (χ3n) is 5.60. The molecule has 1 aliphatic heterocycles. The van der Waals surface area contributed by atoms with Gasteiger partial charge in [-0.25, -0.2) is 0 Å². The van der Waals surface area contributed by atoms with Crippen molar-refractivity contribution in [3.05, 3.63) is 23.9 Å². The zero-order chi connectivity index (χ0) is 16.9. The molecule has 1 radical (unpaired) electrons. The number of aliphatic hydroxyl groups excluding tert-OH is 1. The second-order valence-electron chi connectivity index (χ2n) is 7.32. The topological polar surface area (TPSA) is 40.5 Å². The van der Waals surface area contributed by atoms with E-state index in [1.54, 1.807) is 11.3 Å². The number of hydrogen-bond donors (Lipinski definition) is 1. The van der Waals surface area contributed by atoms with Crippen LogP contribution in [0.1, 0.15) is 81.6 Å². The number of rotatable bonds is 8. The molecular weight excluding hydrogens is 407 g/mol. The van der Waals surface area contributed by atoms with Crippen molar-refractivity contribution in [3.8, 4) is 0 Å². The number of unbranched alkanes of at least 4 members (excludes halogenated alkanes) is 3. The van der Waals surface area contributed by atoms with E-state index >= 15 is 0 Å². The quantitative estimate of drug-likeness (QED) is 0.446. The van der Waals surface area contributed by atoms with Gasteiger partial charge in [-0.1, -0.05) is 32.1 Å². The van der Waals surface area contributed by atoms with E-state index in [0.29, 0.717) is 18.4 Å². The van der Waals surface area contributed by atoms with Crippen LogP contribution in [0.25, 0.3) is 0 Å². The van der Waals surface area contributed by atoms with Gasteiger partial charge in [-0.3, -0.25) is 4.79 Å². The molecule has 1 aliphatic carbocycles. The fourth-order valence-corrected chi connectivity index (χ4v) is 5.37. The zero-order valence-electron chi connectivity index (χ0n) is 15.2. The van der Waals surface area contributed by atoms with Crippen molar-refractivity contribution in [3.63, 3.8) is 0 Å². The summed E-state index contributed by atoms with van der Waals surface area (Å²) in [7, 11) is 0. The van der Waals surface area contributed by atoms with Gasteiger partial charge in [0.1, 0.15) is 0 Å². The largest absolute Gasteiger partial charge is 0.387 e. The molecule has 0 bridgehead atoms. The van der Waals surface area contributed by atoms with Crippen LogP contribution in [-0.4, -0.2) is 17.1 Å². The number of hydrogen-bond acceptors (Lipinski definition) is 3. The third-order valence-corrected chi connectivity index (χ3v) is 6.76. The van der Waals surface area contributed by atoms with Crippen LogP contribution in [0.4, 0.5) is 5.00 Å². The summed E-state index contributed by atoms with van der Waals surface area (Å²) < 4.78 is 0. The van der Waals surface area contributed by atoms with Gasteiger partial charge in [0.05, 0.1) is 11.1 Å². The summed E-state index contributed by atoms with van der Waals surface area (Å²) >= 11 is 1.62. The van der Waals surface area contributed by atoms with Gasteiger partial charge >= 0.3 is 0 Å². The molecule has 0 spiro atoms. The molecule has 1 saturated carbocycles. The number of thiophene rings is 1. The monoisotopic (exact) mass is 437 g/mol. The van der Waals surface area contributed by atoms with E-state index in [0.717, 1.165) is 42.0 Å². The van der Waals surface area contributed by atoms with Gasteiger partial charge in [-0.05, 0) is 43.7 Å². The van der Waals surface area contributed by atoms with E-state index in [9.17, 15) is 9.90 Å². The smallest absolute Gasteiger partial charge is 0.227 e. The molecule has 1 unspecified atom stereocenters. The second kappa shape index (κ2) is 10.5. The van der Waals surface area contributed by atoms with Crippen LogP contribution >= 0.6 is 11.3 Å². The van der Waals surface area contributed by atoms with Gasteiger partial charge in [-0.2, -0.15) is 6.42 Å². The molecular formula is C20H30NO2SY-. The molecule has 2 aliphatic rings. The molecule has 137 valence electrons. The fraction of sp³-hybridized carbons (Fsp3) is 0.700. The standard InChI is InChI=1S/C20H30NO2S.Y/c1-2-3-4-5-10-16-11-13-18(22)21(16)19-14-12-17(24-19)20(23)15-8-6-7-9-15;/h12,14-16,20,23H,1-11,13H2;/q-1;/t16-,20?;/m1./s1. The summed E-state index contributed by atoms with van der Waals surface area (Å²) in [6, 6.07) is 4.43. The molecule has 5 heteroatoms. The van der Waals surface area contributed by atoms with Gasteiger partial charge in [-0.15, -0.1) is 11.3 Å². The summed E-state index contributed by atoms with van der Waals surface area (Å²) in [5, 5.41) is 11.6. The minimum absolute atomic E-state index is 0. The molecule has 1 N–H and O–H groups in total. The maximum absolute atomic E-state index is 12.4. The van der Waals surface area contributed by atoms with Crippen LogP contribution in [-0.2, 0) is 37.5 Å². The molecule has 0 aromatic carbocycles. The Balaban J connectivity index is 0.00000225. The van der Waals surface area contributed by atoms with Crippen LogP contribution in [0, 0.1) is 12.8 Å². The number of aliphatic hydroxyl groups is 1. The molecule has 3 rings (SSSR count). The summed E-state index contributed by atoms with van der Waals surface area (Å²) in [5.41, 5.74) is 0. The first-order valence-corrected chi connectivity index (χ1v) is 10.4.